The Morgan fingerprint density at radius 1 is 1.07 bits per heavy atom. The van der Waals surface area contributed by atoms with Crippen LogP contribution in [0.3, 0.4) is 0 Å². The molecule has 0 spiro atoms. The third-order valence-corrected chi connectivity index (χ3v) is 5.43. The molecular formula is C23H27N5O. The smallest absolute Gasteiger partial charge is 0.307 e. The second-order valence-electron chi connectivity index (χ2n) is 7.69. The van der Waals surface area contributed by atoms with E-state index in [4.69, 9.17) is 0 Å². The minimum absolute atomic E-state index is 0.198. The Morgan fingerprint density at radius 3 is 2.72 bits per heavy atom. The molecule has 1 aromatic heterocycles. The number of benzene rings is 2. The molecule has 0 fully saturated rings. The van der Waals surface area contributed by atoms with Gasteiger partial charge in [0, 0.05) is 18.7 Å². The Labute approximate surface area is 171 Å². The second-order valence-corrected chi connectivity index (χ2v) is 7.69. The number of fused-ring (bicyclic) bond motifs is 1. The van der Waals surface area contributed by atoms with Crippen LogP contribution in [0.25, 0.3) is 0 Å². The molecule has 6 heteroatoms. The minimum atomic E-state index is -0.198. The monoisotopic (exact) mass is 389 g/mol. The van der Waals surface area contributed by atoms with Crippen molar-refractivity contribution in [2.45, 2.75) is 52.6 Å². The Balaban J connectivity index is 1.70. The van der Waals surface area contributed by atoms with Crippen LogP contribution in [0.5, 0.6) is 0 Å². The highest BCUT2D eigenvalue weighted by Crippen LogP contribution is 2.24. The fourth-order valence-electron chi connectivity index (χ4n) is 3.76. The highest BCUT2D eigenvalue weighted by atomic mass is 16.2. The predicted octanol–water partition coefficient (Wildman–Crippen LogP) is 4.86. The van der Waals surface area contributed by atoms with Crippen molar-refractivity contribution in [2.75, 3.05) is 10.2 Å². The van der Waals surface area contributed by atoms with Gasteiger partial charge in [-0.25, -0.2) is 4.79 Å². The minimum Gasteiger partial charge on any atom is -0.307 e. The van der Waals surface area contributed by atoms with E-state index in [-0.39, 0.29) is 6.03 Å². The first-order chi connectivity index (χ1) is 14.1. The van der Waals surface area contributed by atoms with Crippen LogP contribution in [0.2, 0.25) is 0 Å². The fraction of sp³-hybridized carbons (Fsp3) is 0.348. The molecule has 3 aromatic rings. The van der Waals surface area contributed by atoms with Crippen LogP contribution in [0, 0.1) is 13.8 Å². The number of hydrogen-bond donors (Lipinski definition) is 1. The number of carbonyl (C=O) groups excluding carboxylic acids is 1. The molecule has 29 heavy (non-hydrogen) atoms. The molecule has 0 radical (unpaired) electrons. The average Bonchev–Trinajstić information content (AvgIpc) is 2.96. The van der Waals surface area contributed by atoms with Crippen LogP contribution in [-0.2, 0) is 19.5 Å². The lowest BCUT2D eigenvalue weighted by molar-refractivity contribution is 0.256. The summed E-state index contributed by atoms with van der Waals surface area (Å²) in [4.78, 5) is 15.0. The zero-order valence-electron chi connectivity index (χ0n) is 17.1. The maximum atomic E-state index is 13.3. The van der Waals surface area contributed by atoms with E-state index in [0.29, 0.717) is 12.5 Å². The van der Waals surface area contributed by atoms with Crippen molar-refractivity contribution in [3.05, 3.63) is 71.0 Å². The standard InChI is InChI=1S/C23H27N5O/c1-17-12-13-18(2)19(15-17)16-28(23(29)24-20-9-5-3-6-10-20)22-26-25-21-11-7-4-8-14-27(21)22/h3,5-6,9-10,12-13,15H,4,7-8,11,14,16H2,1-2H3,(H,24,29). The molecule has 150 valence electrons. The van der Waals surface area contributed by atoms with Crippen molar-refractivity contribution < 1.29 is 4.79 Å². The van der Waals surface area contributed by atoms with Gasteiger partial charge >= 0.3 is 6.03 Å². The van der Waals surface area contributed by atoms with E-state index in [0.717, 1.165) is 48.4 Å². The van der Waals surface area contributed by atoms with E-state index in [2.05, 4.69) is 52.1 Å². The highest BCUT2D eigenvalue weighted by molar-refractivity contribution is 6.00. The number of para-hydroxylation sites is 1. The number of nitrogens with zero attached hydrogens (tertiary/aromatic N) is 4. The van der Waals surface area contributed by atoms with Gasteiger partial charge in [-0.2, -0.15) is 0 Å². The number of urea groups is 1. The van der Waals surface area contributed by atoms with Gasteiger partial charge < -0.3 is 5.32 Å². The number of aromatic nitrogens is 3. The quantitative estimate of drug-likeness (QED) is 0.693. The number of aryl methyl sites for hydroxylation is 3. The summed E-state index contributed by atoms with van der Waals surface area (Å²) < 4.78 is 2.11. The van der Waals surface area contributed by atoms with Crippen molar-refractivity contribution in [1.82, 2.24) is 14.8 Å². The van der Waals surface area contributed by atoms with Crippen molar-refractivity contribution in [1.29, 1.82) is 0 Å². The van der Waals surface area contributed by atoms with E-state index in [1.54, 1.807) is 4.90 Å². The van der Waals surface area contributed by atoms with Gasteiger partial charge in [-0.15, -0.1) is 10.2 Å². The molecule has 4 rings (SSSR count). The van der Waals surface area contributed by atoms with Crippen LogP contribution in [0.4, 0.5) is 16.4 Å². The summed E-state index contributed by atoms with van der Waals surface area (Å²) in [5.74, 6) is 1.59. The van der Waals surface area contributed by atoms with E-state index in [1.807, 2.05) is 30.3 Å². The maximum Gasteiger partial charge on any atom is 0.329 e. The summed E-state index contributed by atoms with van der Waals surface area (Å²) in [5, 5.41) is 11.8. The average molecular weight is 390 g/mol. The molecule has 1 aliphatic rings. The Kier molecular flexibility index (Phi) is 5.60. The molecule has 0 bridgehead atoms. The van der Waals surface area contributed by atoms with Gasteiger partial charge in [0.2, 0.25) is 5.95 Å². The molecular weight excluding hydrogens is 362 g/mol. The van der Waals surface area contributed by atoms with Crippen LogP contribution < -0.4 is 10.2 Å². The predicted molar refractivity (Wildman–Crippen MR) is 115 cm³/mol. The molecule has 0 unspecified atom stereocenters. The van der Waals surface area contributed by atoms with Gasteiger partial charge in [0.1, 0.15) is 5.82 Å². The van der Waals surface area contributed by atoms with Crippen LogP contribution >= 0.6 is 0 Å². The molecule has 2 heterocycles. The van der Waals surface area contributed by atoms with Gasteiger partial charge in [-0.05, 0) is 49.9 Å². The molecule has 2 aromatic carbocycles. The van der Waals surface area contributed by atoms with Crippen LogP contribution in [0.15, 0.2) is 48.5 Å². The molecule has 6 nitrogen and oxygen atoms in total. The summed E-state index contributed by atoms with van der Waals surface area (Å²) in [6.07, 6.45) is 4.28. The molecule has 1 N–H and O–H groups in total. The Hall–Kier alpha value is -3.15. The number of carbonyl (C=O) groups is 1. The first kappa shape index (κ1) is 19.2. The number of nitrogens with one attached hydrogen (secondary N) is 1. The second kappa shape index (κ2) is 8.47. The first-order valence-corrected chi connectivity index (χ1v) is 10.2. The van der Waals surface area contributed by atoms with Crippen molar-refractivity contribution in [3.8, 4) is 0 Å². The van der Waals surface area contributed by atoms with Gasteiger partial charge in [-0.1, -0.05) is 48.4 Å². The zero-order valence-corrected chi connectivity index (χ0v) is 17.1. The van der Waals surface area contributed by atoms with E-state index in [1.165, 1.54) is 12.0 Å². The number of anilines is 2. The summed E-state index contributed by atoms with van der Waals surface area (Å²) in [6.45, 7) is 5.44. The molecule has 0 saturated carbocycles. The SMILES string of the molecule is Cc1ccc(C)c(CN(C(=O)Nc2ccccc2)c2nnc3n2CCCCC3)c1. The van der Waals surface area contributed by atoms with Crippen molar-refractivity contribution >= 4 is 17.7 Å². The van der Waals surface area contributed by atoms with E-state index < -0.39 is 0 Å². The molecule has 0 atom stereocenters. The number of amides is 2. The van der Waals surface area contributed by atoms with Gasteiger partial charge in [0.15, 0.2) is 0 Å². The lowest BCUT2D eigenvalue weighted by Crippen LogP contribution is -2.37. The third kappa shape index (κ3) is 4.31. The molecule has 1 aliphatic heterocycles. The van der Waals surface area contributed by atoms with Crippen molar-refractivity contribution in [2.24, 2.45) is 0 Å². The maximum absolute atomic E-state index is 13.3. The molecule has 0 saturated heterocycles. The van der Waals surface area contributed by atoms with Crippen LogP contribution in [-0.4, -0.2) is 20.8 Å². The largest absolute Gasteiger partial charge is 0.329 e. The summed E-state index contributed by atoms with van der Waals surface area (Å²) in [7, 11) is 0. The summed E-state index contributed by atoms with van der Waals surface area (Å²) in [5.41, 5.74) is 4.20. The van der Waals surface area contributed by atoms with Gasteiger partial charge in [0.05, 0.1) is 6.54 Å². The lowest BCUT2D eigenvalue weighted by Gasteiger charge is -2.24. The fourth-order valence-corrected chi connectivity index (χ4v) is 3.76. The van der Waals surface area contributed by atoms with Crippen LogP contribution in [0.1, 0.15) is 41.8 Å². The van der Waals surface area contributed by atoms with E-state index >= 15 is 0 Å². The van der Waals surface area contributed by atoms with Crippen molar-refractivity contribution in [3.63, 3.8) is 0 Å². The number of rotatable bonds is 4. The van der Waals surface area contributed by atoms with Gasteiger partial charge in [-0.3, -0.25) is 9.47 Å². The lowest BCUT2D eigenvalue weighted by atomic mass is 10.1. The van der Waals surface area contributed by atoms with E-state index in [9.17, 15) is 4.79 Å². The Bertz CT molecular complexity index is 996. The molecule has 2 amide bonds. The van der Waals surface area contributed by atoms with Gasteiger partial charge in [0.25, 0.3) is 0 Å². The topological polar surface area (TPSA) is 63.1 Å². The number of hydrogen-bond acceptors (Lipinski definition) is 3. The molecule has 0 aliphatic carbocycles. The normalized spacial score (nSPS) is 13.4. The summed E-state index contributed by atoms with van der Waals surface area (Å²) in [6, 6.07) is 15.7. The summed E-state index contributed by atoms with van der Waals surface area (Å²) >= 11 is 0. The highest BCUT2D eigenvalue weighted by Gasteiger charge is 2.25. The first-order valence-electron chi connectivity index (χ1n) is 10.2. The third-order valence-electron chi connectivity index (χ3n) is 5.43. The zero-order chi connectivity index (χ0) is 20.2. The Morgan fingerprint density at radius 2 is 1.90 bits per heavy atom.